The van der Waals surface area contributed by atoms with Crippen LogP contribution in [0.5, 0.6) is 6.01 Å². The Balaban J connectivity index is 1.33. The maximum absolute atomic E-state index is 12.0. The summed E-state index contributed by atoms with van der Waals surface area (Å²) in [6.45, 7) is 3.60. The molecule has 7 heteroatoms. The van der Waals surface area contributed by atoms with E-state index in [2.05, 4.69) is 20.2 Å². The van der Waals surface area contributed by atoms with Gasteiger partial charge in [0.1, 0.15) is 6.10 Å². The molecular formula is C16H24N4O3. The number of nitrogens with one attached hydrogen (secondary N) is 1. The number of piperidine rings is 1. The second kappa shape index (κ2) is 8.21. The lowest BCUT2D eigenvalue weighted by Crippen LogP contribution is -2.45. The van der Waals surface area contributed by atoms with Crippen LogP contribution >= 0.6 is 0 Å². The zero-order valence-electron chi connectivity index (χ0n) is 13.3. The van der Waals surface area contributed by atoms with Crippen LogP contribution < -0.4 is 10.1 Å². The minimum Gasteiger partial charge on any atom is -0.460 e. The van der Waals surface area contributed by atoms with Gasteiger partial charge in [0.15, 0.2) is 0 Å². The zero-order valence-corrected chi connectivity index (χ0v) is 13.3. The van der Waals surface area contributed by atoms with Crippen molar-refractivity contribution in [1.29, 1.82) is 0 Å². The summed E-state index contributed by atoms with van der Waals surface area (Å²) in [5, 5.41) is 2.97. The van der Waals surface area contributed by atoms with Gasteiger partial charge in [-0.1, -0.05) is 0 Å². The van der Waals surface area contributed by atoms with Crippen molar-refractivity contribution in [2.75, 3.05) is 32.8 Å². The first-order valence-electron chi connectivity index (χ1n) is 8.34. The van der Waals surface area contributed by atoms with Gasteiger partial charge >= 0.3 is 6.01 Å². The molecule has 2 aliphatic heterocycles. The molecule has 23 heavy (non-hydrogen) atoms. The number of amides is 1. The summed E-state index contributed by atoms with van der Waals surface area (Å²) >= 11 is 0. The van der Waals surface area contributed by atoms with Crippen LogP contribution in [0.2, 0.25) is 0 Å². The molecule has 2 fully saturated rings. The zero-order chi connectivity index (χ0) is 15.9. The number of ether oxygens (including phenoxy) is 2. The van der Waals surface area contributed by atoms with Crippen molar-refractivity contribution in [2.24, 2.45) is 0 Å². The molecule has 1 N–H and O–H groups in total. The van der Waals surface area contributed by atoms with Crippen LogP contribution in [-0.4, -0.2) is 65.8 Å². The fraction of sp³-hybridized carbons (Fsp3) is 0.688. The Kier molecular flexibility index (Phi) is 5.76. The minimum atomic E-state index is 0.0752. The molecule has 2 aliphatic rings. The highest BCUT2D eigenvalue weighted by molar-refractivity contribution is 5.78. The molecule has 1 atom stereocenters. The van der Waals surface area contributed by atoms with Crippen molar-refractivity contribution in [1.82, 2.24) is 20.2 Å². The molecular weight excluding hydrogens is 296 g/mol. The van der Waals surface area contributed by atoms with Crippen LogP contribution in [0.3, 0.4) is 0 Å². The first-order chi connectivity index (χ1) is 11.3. The number of hydrogen-bond acceptors (Lipinski definition) is 6. The number of likely N-dealkylation sites (tertiary alicyclic amines) is 1. The number of hydrogen-bond donors (Lipinski definition) is 1. The summed E-state index contributed by atoms with van der Waals surface area (Å²) in [6, 6.07) is 2.20. The third-order valence-electron chi connectivity index (χ3n) is 4.27. The Morgan fingerprint density at radius 1 is 1.30 bits per heavy atom. The first-order valence-corrected chi connectivity index (χ1v) is 8.34. The number of carbonyl (C=O) groups is 1. The largest absolute Gasteiger partial charge is 0.460 e. The topological polar surface area (TPSA) is 76.6 Å². The number of nitrogens with zero attached hydrogens (tertiary/aromatic N) is 3. The van der Waals surface area contributed by atoms with Gasteiger partial charge in [-0.15, -0.1) is 0 Å². The predicted octanol–water partition coefficient (Wildman–Crippen LogP) is 0.615. The summed E-state index contributed by atoms with van der Waals surface area (Å²) in [4.78, 5) is 22.3. The van der Waals surface area contributed by atoms with E-state index in [1.165, 1.54) is 0 Å². The molecule has 126 valence electrons. The van der Waals surface area contributed by atoms with Crippen LogP contribution in [0.1, 0.15) is 25.7 Å². The molecule has 0 spiro atoms. The Labute approximate surface area is 136 Å². The van der Waals surface area contributed by atoms with Crippen molar-refractivity contribution >= 4 is 5.91 Å². The molecule has 0 saturated carbocycles. The number of aromatic nitrogens is 2. The smallest absolute Gasteiger partial charge is 0.316 e. The molecule has 0 aliphatic carbocycles. The predicted molar refractivity (Wildman–Crippen MR) is 84.1 cm³/mol. The van der Waals surface area contributed by atoms with E-state index in [1.54, 1.807) is 18.5 Å². The van der Waals surface area contributed by atoms with Crippen molar-refractivity contribution in [3.63, 3.8) is 0 Å². The summed E-state index contributed by atoms with van der Waals surface area (Å²) in [5.74, 6) is 0.0752. The highest BCUT2D eigenvalue weighted by atomic mass is 16.5. The normalized spacial score (nSPS) is 22.9. The third kappa shape index (κ3) is 5.14. The minimum absolute atomic E-state index is 0.0752. The average molecular weight is 320 g/mol. The molecule has 1 aromatic rings. The van der Waals surface area contributed by atoms with Gasteiger partial charge in [0, 0.05) is 38.6 Å². The quantitative estimate of drug-likeness (QED) is 0.828. The van der Waals surface area contributed by atoms with Crippen molar-refractivity contribution in [2.45, 2.75) is 37.9 Å². The van der Waals surface area contributed by atoms with E-state index in [1.807, 2.05) is 0 Å². The van der Waals surface area contributed by atoms with E-state index in [0.29, 0.717) is 19.1 Å². The van der Waals surface area contributed by atoms with Gasteiger partial charge in [0.2, 0.25) is 5.91 Å². The lowest BCUT2D eigenvalue weighted by Gasteiger charge is -2.31. The maximum Gasteiger partial charge on any atom is 0.316 e. The highest BCUT2D eigenvalue weighted by Gasteiger charge is 2.23. The molecule has 3 heterocycles. The molecule has 0 aromatic carbocycles. The summed E-state index contributed by atoms with van der Waals surface area (Å²) in [5.41, 5.74) is 0. The van der Waals surface area contributed by atoms with Gasteiger partial charge in [0.25, 0.3) is 0 Å². The fourth-order valence-electron chi connectivity index (χ4n) is 2.97. The van der Waals surface area contributed by atoms with E-state index in [9.17, 15) is 4.79 Å². The van der Waals surface area contributed by atoms with E-state index in [0.717, 1.165) is 45.4 Å². The monoisotopic (exact) mass is 320 g/mol. The van der Waals surface area contributed by atoms with Gasteiger partial charge in [-0.05, 0) is 31.7 Å². The van der Waals surface area contributed by atoms with Crippen LogP contribution in [0.25, 0.3) is 0 Å². The van der Waals surface area contributed by atoms with Crippen molar-refractivity contribution < 1.29 is 14.3 Å². The number of carbonyl (C=O) groups excluding carboxylic acids is 1. The Bertz CT molecular complexity index is 485. The molecule has 2 saturated heterocycles. The van der Waals surface area contributed by atoms with Gasteiger partial charge < -0.3 is 14.8 Å². The van der Waals surface area contributed by atoms with Gasteiger partial charge in [-0.3, -0.25) is 9.69 Å². The lowest BCUT2D eigenvalue weighted by atomic mass is 10.1. The Morgan fingerprint density at radius 2 is 2.09 bits per heavy atom. The Hall–Kier alpha value is -1.73. The van der Waals surface area contributed by atoms with E-state index >= 15 is 0 Å². The highest BCUT2D eigenvalue weighted by Crippen LogP contribution is 2.15. The molecule has 3 rings (SSSR count). The van der Waals surface area contributed by atoms with E-state index < -0.39 is 0 Å². The standard InChI is InChI=1S/C16H24N4O3/c21-15(19-11-14-3-1-10-22-14)12-20-8-4-13(5-9-20)23-16-17-6-2-7-18-16/h2,6-7,13-14H,1,3-5,8-12H2,(H,19,21)/t14-/m0/s1. The molecule has 0 bridgehead atoms. The second-order valence-electron chi connectivity index (χ2n) is 6.06. The maximum atomic E-state index is 12.0. The summed E-state index contributed by atoms with van der Waals surface area (Å²) in [7, 11) is 0. The van der Waals surface area contributed by atoms with Gasteiger partial charge in [-0.2, -0.15) is 0 Å². The third-order valence-corrected chi connectivity index (χ3v) is 4.27. The molecule has 1 aromatic heterocycles. The molecule has 0 radical (unpaired) electrons. The van der Waals surface area contributed by atoms with Crippen molar-refractivity contribution in [3.8, 4) is 6.01 Å². The van der Waals surface area contributed by atoms with Gasteiger partial charge in [-0.25, -0.2) is 9.97 Å². The first kappa shape index (κ1) is 16.1. The van der Waals surface area contributed by atoms with Crippen LogP contribution in [-0.2, 0) is 9.53 Å². The Morgan fingerprint density at radius 3 is 2.78 bits per heavy atom. The number of rotatable bonds is 6. The molecule has 0 unspecified atom stereocenters. The van der Waals surface area contributed by atoms with E-state index in [-0.39, 0.29) is 18.1 Å². The van der Waals surface area contributed by atoms with Crippen LogP contribution in [0.15, 0.2) is 18.5 Å². The van der Waals surface area contributed by atoms with Crippen LogP contribution in [0, 0.1) is 0 Å². The summed E-state index contributed by atoms with van der Waals surface area (Å²) in [6.07, 6.45) is 7.59. The summed E-state index contributed by atoms with van der Waals surface area (Å²) < 4.78 is 11.3. The van der Waals surface area contributed by atoms with Crippen LogP contribution in [0.4, 0.5) is 0 Å². The van der Waals surface area contributed by atoms with Gasteiger partial charge in [0.05, 0.1) is 12.6 Å². The molecule has 7 nitrogen and oxygen atoms in total. The SMILES string of the molecule is O=C(CN1CCC(Oc2ncccn2)CC1)NC[C@@H]1CCCO1. The van der Waals surface area contributed by atoms with E-state index in [4.69, 9.17) is 9.47 Å². The van der Waals surface area contributed by atoms with Crippen molar-refractivity contribution in [3.05, 3.63) is 18.5 Å². The fourth-order valence-corrected chi connectivity index (χ4v) is 2.97. The lowest BCUT2D eigenvalue weighted by molar-refractivity contribution is -0.123. The second-order valence-corrected chi connectivity index (χ2v) is 6.06. The average Bonchev–Trinajstić information content (AvgIpc) is 3.09. The molecule has 1 amide bonds.